The number of carbonyl (C=O) groups is 2. The van der Waals surface area contributed by atoms with Gasteiger partial charge in [0.2, 0.25) is 5.91 Å². The summed E-state index contributed by atoms with van der Waals surface area (Å²) >= 11 is 0. The molecule has 1 aliphatic heterocycles. The Morgan fingerprint density at radius 1 is 1.21 bits per heavy atom. The molecular weight excluding hydrogens is 354 g/mol. The molecule has 0 unspecified atom stereocenters. The van der Waals surface area contributed by atoms with Crippen LogP contribution in [0.25, 0.3) is 0 Å². The highest BCUT2D eigenvalue weighted by Crippen LogP contribution is 2.25. The third kappa shape index (κ3) is 5.03. The summed E-state index contributed by atoms with van der Waals surface area (Å²) in [5, 5.41) is 5.73. The number of rotatable bonds is 7. The summed E-state index contributed by atoms with van der Waals surface area (Å²) in [6, 6.07) is 14.7. The lowest BCUT2D eigenvalue weighted by Gasteiger charge is -2.18. The minimum atomic E-state index is -0.299. The average molecular weight is 381 g/mol. The van der Waals surface area contributed by atoms with Crippen LogP contribution in [0.4, 0.5) is 16.2 Å². The fourth-order valence-electron chi connectivity index (χ4n) is 3.32. The lowest BCUT2D eigenvalue weighted by Crippen LogP contribution is -2.39. The lowest BCUT2D eigenvalue weighted by molar-refractivity contribution is -0.117. The van der Waals surface area contributed by atoms with Gasteiger partial charge in [-0.05, 0) is 42.7 Å². The van der Waals surface area contributed by atoms with E-state index in [2.05, 4.69) is 17.6 Å². The molecule has 0 radical (unpaired) electrons. The number of nitrogens with zero attached hydrogens (tertiary/aromatic N) is 1. The van der Waals surface area contributed by atoms with Gasteiger partial charge in [-0.15, -0.1) is 0 Å². The highest BCUT2D eigenvalue weighted by Gasteiger charge is 2.31. The number of hydrogen-bond acceptors (Lipinski definition) is 3. The minimum Gasteiger partial charge on any atom is -0.497 e. The van der Waals surface area contributed by atoms with Crippen LogP contribution in [0.15, 0.2) is 48.5 Å². The zero-order chi connectivity index (χ0) is 19.9. The topological polar surface area (TPSA) is 70.7 Å². The summed E-state index contributed by atoms with van der Waals surface area (Å²) < 4.78 is 5.22. The van der Waals surface area contributed by atoms with E-state index in [0.29, 0.717) is 12.3 Å². The van der Waals surface area contributed by atoms with Gasteiger partial charge in [-0.25, -0.2) is 4.79 Å². The maximum atomic E-state index is 12.4. The summed E-state index contributed by atoms with van der Waals surface area (Å²) in [6.45, 7) is 2.61. The van der Waals surface area contributed by atoms with E-state index in [0.717, 1.165) is 30.6 Å². The van der Waals surface area contributed by atoms with Crippen molar-refractivity contribution in [2.45, 2.75) is 38.6 Å². The second-order valence-electron chi connectivity index (χ2n) is 7.01. The maximum Gasteiger partial charge on any atom is 0.319 e. The molecule has 1 atom stereocenters. The van der Waals surface area contributed by atoms with Crippen LogP contribution in [0, 0.1) is 0 Å². The third-order valence-electron chi connectivity index (χ3n) is 4.86. The average Bonchev–Trinajstić information content (AvgIpc) is 3.07. The Morgan fingerprint density at radius 2 is 2.00 bits per heavy atom. The molecule has 1 aliphatic rings. The number of methoxy groups -OCH3 is 1. The Morgan fingerprint density at radius 3 is 2.71 bits per heavy atom. The van der Waals surface area contributed by atoms with Crippen LogP contribution in [-0.2, 0) is 11.2 Å². The van der Waals surface area contributed by atoms with Gasteiger partial charge >= 0.3 is 6.03 Å². The van der Waals surface area contributed by atoms with Crippen molar-refractivity contribution in [1.82, 2.24) is 5.32 Å². The first-order chi connectivity index (χ1) is 13.6. The van der Waals surface area contributed by atoms with Crippen molar-refractivity contribution < 1.29 is 14.3 Å². The highest BCUT2D eigenvalue weighted by molar-refractivity contribution is 5.97. The highest BCUT2D eigenvalue weighted by atomic mass is 16.5. The molecule has 3 rings (SSSR count). The Hall–Kier alpha value is -3.02. The first-order valence-corrected chi connectivity index (χ1v) is 9.70. The van der Waals surface area contributed by atoms with Crippen molar-refractivity contribution in [1.29, 1.82) is 0 Å². The van der Waals surface area contributed by atoms with Gasteiger partial charge < -0.3 is 20.3 Å². The largest absolute Gasteiger partial charge is 0.497 e. The molecule has 6 heteroatoms. The molecule has 1 heterocycles. The van der Waals surface area contributed by atoms with Gasteiger partial charge in [0.1, 0.15) is 5.75 Å². The number of carbonyl (C=O) groups excluding carboxylic acids is 2. The smallest absolute Gasteiger partial charge is 0.319 e. The van der Waals surface area contributed by atoms with E-state index in [-0.39, 0.29) is 24.4 Å². The third-order valence-corrected chi connectivity index (χ3v) is 4.86. The standard InChI is InChI=1S/C22H27N3O3/c1-3-4-6-16-9-11-17(12-10-16)23-22(27)24-18-13-21(26)25(15-18)19-7-5-8-20(14-19)28-2/h5,7-12,14,18H,3-4,6,13,15H2,1-2H3,(H2,23,24,27)/t18-/m1/s1. The minimum absolute atomic E-state index is 0.0150. The Labute approximate surface area is 165 Å². The molecule has 6 nitrogen and oxygen atoms in total. The van der Waals surface area contributed by atoms with Crippen LogP contribution < -0.4 is 20.3 Å². The van der Waals surface area contributed by atoms with Crippen LogP contribution >= 0.6 is 0 Å². The monoisotopic (exact) mass is 381 g/mol. The molecular formula is C22H27N3O3. The first kappa shape index (κ1) is 19.7. The van der Waals surface area contributed by atoms with Gasteiger partial charge in [0.25, 0.3) is 0 Å². The van der Waals surface area contributed by atoms with Crippen molar-refractivity contribution >= 4 is 23.3 Å². The normalized spacial score (nSPS) is 16.1. The van der Waals surface area contributed by atoms with Gasteiger partial charge in [-0.1, -0.05) is 31.5 Å². The molecule has 2 N–H and O–H groups in total. The van der Waals surface area contributed by atoms with Crippen molar-refractivity contribution in [3.8, 4) is 5.75 Å². The van der Waals surface area contributed by atoms with E-state index < -0.39 is 0 Å². The fourth-order valence-corrected chi connectivity index (χ4v) is 3.32. The van der Waals surface area contributed by atoms with Crippen LogP contribution in [0.1, 0.15) is 31.7 Å². The summed E-state index contributed by atoms with van der Waals surface area (Å²) in [6.07, 6.45) is 3.65. The van der Waals surface area contributed by atoms with E-state index >= 15 is 0 Å². The predicted molar refractivity (Wildman–Crippen MR) is 111 cm³/mol. The zero-order valence-electron chi connectivity index (χ0n) is 16.4. The molecule has 0 aromatic heterocycles. The quantitative estimate of drug-likeness (QED) is 0.762. The van der Waals surface area contributed by atoms with Gasteiger partial charge in [-0.3, -0.25) is 4.79 Å². The van der Waals surface area contributed by atoms with Gasteiger partial charge in [0, 0.05) is 30.4 Å². The molecule has 2 aromatic rings. The van der Waals surface area contributed by atoms with Crippen LogP contribution in [0.5, 0.6) is 5.75 Å². The summed E-state index contributed by atoms with van der Waals surface area (Å²) in [5.41, 5.74) is 2.78. The number of unbranched alkanes of at least 4 members (excludes halogenated alkanes) is 1. The van der Waals surface area contributed by atoms with Crippen molar-refractivity contribution in [3.63, 3.8) is 0 Å². The number of benzene rings is 2. The Balaban J connectivity index is 1.54. The van der Waals surface area contributed by atoms with Crippen molar-refractivity contribution in [3.05, 3.63) is 54.1 Å². The molecule has 28 heavy (non-hydrogen) atoms. The van der Waals surface area contributed by atoms with Crippen LogP contribution in [-0.4, -0.2) is 31.6 Å². The number of hydrogen-bond donors (Lipinski definition) is 2. The summed E-state index contributed by atoms with van der Waals surface area (Å²) in [5.74, 6) is 0.681. The number of amides is 3. The van der Waals surface area contributed by atoms with Crippen molar-refractivity contribution in [2.75, 3.05) is 23.9 Å². The number of aryl methyl sites for hydroxylation is 1. The molecule has 2 aromatic carbocycles. The first-order valence-electron chi connectivity index (χ1n) is 9.70. The molecule has 1 saturated heterocycles. The molecule has 148 valence electrons. The SMILES string of the molecule is CCCCc1ccc(NC(=O)N[C@@H]2CC(=O)N(c3cccc(OC)c3)C2)cc1. The van der Waals surface area contributed by atoms with Crippen molar-refractivity contribution in [2.24, 2.45) is 0 Å². The Kier molecular flexibility index (Phi) is 6.53. The second kappa shape index (κ2) is 9.26. The van der Waals surface area contributed by atoms with Crippen LogP contribution in [0.3, 0.4) is 0 Å². The zero-order valence-corrected chi connectivity index (χ0v) is 16.4. The van der Waals surface area contributed by atoms with E-state index in [1.165, 1.54) is 5.56 Å². The molecule has 1 fully saturated rings. The van der Waals surface area contributed by atoms with Gasteiger partial charge in [0.05, 0.1) is 13.2 Å². The van der Waals surface area contributed by atoms with E-state index in [1.807, 2.05) is 48.5 Å². The van der Waals surface area contributed by atoms with Gasteiger partial charge in [0.15, 0.2) is 0 Å². The van der Waals surface area contributed by atoms with Gasteiger partial charge in [-0.2, -0.15) is 0 Å². The lowest BCUT2D eigenvalue weighted by atomic mass is 10.1. The molecule has 0 spiro atoms. The fraction of sp³-hybridized carbons (Fsp3) is 0.364. The second-order valence-corrected chi connectivity index (χ2v) is 7.01. The number of nitrogens with one attached hydrogen (secondary N) is 2. The number of ether oxygens (including phenoxy) is 1. The predicted octanol–water partition coefficient (Wildman–Crippen LogP) is 3.96. The van der Waals surface area contributed by atoms with E-state index in [1.54, 1.807) is 12.0 Å². The summed E-state index contributed by atoms with van der Waals surface area (Å²) in [4.78, 5) is 26.3. The summed E-state index contributed by atoms with van der Waals surface area (Å²) in [7, 11) is 1.59. The number of urea groups is 1. The Bertz CT molecular complexity index is 820. The molecule has 0 saturated carbocycles. The number of anilines is 2. The molecule has 3 amide bonds. The molecule has 0 bridgehead atoms. The van der Waals surface area contributed by atoms with E-state index in [9.17, 15) is 9.59 Å². The maximum absolute atomic E-state index is 12.4. The van der Waals surface area contributed by atoms with E-state index in [4.69, 9.17) is 4.74 Å². The molecule has 0 aliphatic carbocycles. The van der Waals surface area contributed by atoms with Crippen LogP contribution in [0.2, 0.25) is 0 Å².